The van der Waals surface area contributed by atoms with Crippen LogP contribution in [0, 0.1) is 0 Å². The Hall–Kier alpha value is -1.55. The van der Waals surface area contributed by atoms with E-state index in [1.807, 2.05) is 18.5 Å². The molecule has 2 aromatic heterocycles. The lowest BCUT2D eigenvalue weighted by Gasteiger charge is -2.10. The first-order valence-corrected chi connectivity index (χ1v) is 6.00. The van der Waals surface area contributed by atoms with Gasteiger partial charge in [0, 0.05) is 43.5 Å². The molecule has 2 heterocycles. The van der Waals surface area contributed by atoms with Crippen molar-refractivity contribution in [2.45, 2.75) is 32.9 Å². The highest BCUT2D eigenvalue weighted by molar-refractivity contribution is 5.04. The normalized spacial score (nSPS) is 11.2. The topological polar surface area (TPSA) is 43.0 Å². The van der Waals surface area contributed by atoms with Crippen LogP contribution >= 0.6 is 0 Å². The molecule has 17 heavy (non-hydrogen) atoms. The summed E-state index contributed by atoms with van der Waals surface area (Å²) in [5.74, 6) is 1.62. The molecule has 0 saturated heterocycles. The van der Waals surface area contributed by atoms with Gasteiger partial charge in [0.2, 0.25) is 0 Å². The Morgan fingerprint density at radius 3 is 3.06 bits per heavy atom. The van der Waals surface area contributed by atoms with E-state index in [0.717, 1.165) is 25.5 Å². The summed E-state index contributed by atoms with van der Waals surface area (Å²) >= 11 is 0. The Balaban J connectivity index is 1.76. The van der Waals surface area contributed by atoms with E-state index in [9.17, 15) is 0 Å². The van der Waals surface area contributed by atoms with Crippen molar-refractivity contribution >= 4 is 0 Å². The largest absolute Gasteiger partial charge is 0.472 e. The molecule has 0 aliphatic rings. The van der Waals surface area contributed by atoms with Gasteiger partial charge in [-0.2, -0.15) is 0 Å². The minimum absolute atomic E-state index is 0.471. The molecule has 0 atom stereocenters. The van der Waals surface area contributed by atoms with Gasteiger partial charge in [0.05, 0.1) is 12.5 Å². The molecule has 4 nitrogen and oxygen atoms in total. The molecule has 92 valence electrons. The summed E-state index contributed by atoms with van der Waals surface area (Å²) in [4.78, 5) is 4.36. The lowest BCUT2D eigenvalue weighted by molar-refractivity contribution is 0.549. The van der Waals surface area contributed by atoms with Gasteiger partial charge in [-0.25, -0.2) is 4.98 Å². The van der Waals surface area contributed by atoms with Crippen LogP contribution in [0.3, 0.4) is 0 Å². The van der Waals surface area contributed by atoms with Crippen molar-refractivity contribution in [1.29, 1.82) is 0 Å². The summed E-state index contributed by atoms with van der Waals surface area (Å²) in [5, 5.41) is 3.38. The van der Waals surface area contributed by atoms with Crippen molar-refractivity contribution in [2.75, 3.05) is 6.54 Å². The summed E-state index contributed by atoms with van der Waals surface area (Å²) in [6.07, 6.45) is 7.37. The first-order valence-electron chi connectivity index (χ1n) is 6.00. The van der Waals surface area contributed by atoms with E-state index < -0.39 is 0 Å². The first kappa shape index (κ1) is 11.9. The van der Waals surface area contributed by atoms with Gasteiger partial charge in [-0.05, 0) is 6.07 Å². The third-order valence-corrected chi connectivity index (χ3v) is 2.70. The van der Waals surface area contributed by atoms with E-state index in [1.54, 1.807) is 12.5 Å². The minimum atomic E-state index is 0.471. The van der Waals surface area contributed by atoms with Crippen LogP contribution in [0.15, 0.2) is 35.4 Å². The zero-order valence-corrected chi connectivity index (χ0v) is 10.4. The van der Waals surface area contributed by atoms with Gasteiger partial charge >= 0.3 is 0 Å². The smallest absolute Gasteiger partial charge is 0.111 e. The second-order valence-corrected chi connectivity index (χ2v) is 4.44. The zero-order chi connectivity index (χ0) is 12.1. The highest BCUT2D eigenvalue weighted by atomic mass is 16.3. The Kier molecular flexibility index (Phi) is 3.98. The Bertz CT molecular complexity index is 431. The number of furan rings is 1. The quantitative estimate of drug-likeness (QED) is 0.779. The monoisotopic (exact) mass is 233 g/mol. The van der Waals surface area contributed by atoms with Gasteiger partial charge in [-0.15, -0.1) is 0 Å². The Labute approximate surface area is 102 Å². The number of nitrogens with one attached hydrogen (secondary N) is 1. The van der Waals surface area contributed by atoms with E-state index in [-0.39, 0.29) is 0 Å². The molecule has 0 aromatic carbocycles. The summed E-state index contributed by atoms with van der Waals surface area (Å²) < 4.78 is 7.21. The van der Waals surface area contributed by atoms with Gasteiger partial charge in [0.1, 0.15) is 5.82 Å². The number of aromatic nitrogens is 2. The van der Waals surface area contributed by atoms with Crippen LogP contribution in [-0.2, 0) is 13.1 Å². The van der Waals surface area contributed by atoms with Crippen molar-refractivity contribution in [2.24, 2.45) is 0 Å². The molecular weight excluding hydrogens is 214 g/mol. The van der Waals surface area contributed by atoms with Crippen LogP contribution in [0.2, 0.25) is 0 Å². The molecule has 2 rings (SSSR count). The predicted octanol–water partition coefficient (Wildman–Crippen LogP) is 2.39. The summed E-state index contributed by atoms with van der Waals surface area (Å²) in [6.45, 7) is 7.06. The Morgan fingerprint density at radius 2 is 2.35 bits per heavy atom. The minimum Gasteiger partial charge on any atom is -0.472 e. The van der Waals surface area contributed by atoms with Crippen LogP contribution in [0.5, 0.6) is 0 Å². The molecular formula is C13H19N3O. The fourth-order valence-electron chi connectivity index (χ4n) is 1.84. The molecule has 0 spiro atoms. The van der Waals surface area contributed by atoms with E-state index >= 15 is 0 Å². The standard InChI is InChI=1S/C13H19N3O/c1-11(2)13-15-5-7-16(13)6-4-14-9-12-3-8-17-10-12/h3,5,7-8,10-11,14H,4,6,9H2,1-2H3. The van der Waals surface area contributed by atoms with Crippen molar-refractivity contribution in [3.05, 3.63) is 42.4 Å². The lowest BCUT2D eigenvalue weighted by Crippen LogP contribution is -2.20. The number of imidazole rings is 1. The molecule has 0 radical (unpaired) electrons. The molecule has 0 saturated carbocycles. The van der Waals surface area contributed by atoms with Crippen LogP contribution < -0.4 is 5.32 Å². The SMILES string of the molecule is CC(C)c1nccn1CCNCc1ccoc1. The maximum absolute atomic E-state index is 5.01. The second kappa shape index (κ2) is 5.68. The fourth-order valence-corrected chi connectivity index (χ4v) is 1.84. The zero-order valence-electron chi connectivity index (χ0n) is 10.4. The van der Waals surface area contributed by atoms with Crippen molar-refractivity contribution in [3.63, 3.8) is 0 Å². The van der Waals surface area contributed by atoms with Gasteiger partial charge in [-0.1, -0.05) is 13.8 Å². The van der Waals surface area contributed by atoms with E-state index in [2.05, 4.69) is 28.7 Å². The highest BCUT2D eigenvalue weighted by Gasteiger charge is 2.06. The molecule has 0 aliphatic carbocycles. The number of hydrogen-bond acceptors (Lipinski definition) is 3. The average molecular weight is 233 g/mol. The van der Waals surface area contributed by atoms with Crippen LogP contribution in [0.25, 0.3) is 0 Å². The molecule has 1 N–H and O–H groups in total. The Morgan fingerprint density at radius 1 is 1.47 bits per heavy atom. The van der Waals surface area contributed by atoms with Crippen molar-refractivity contribution in [3.8, 4) is 0 Å². The van der Waals surface area contributed by atoms with Crippen LogP contribution in [-0.4, -0.2) is 16.1 Å². The fraction of sp³-hybridized carbons (Fsp3) is 0.462. The highest BCUT2D eigenvalue weighted by Crippen LogP contribution is 2.10. The van der Waals surface area contributed by atoms with E-state index in [0.29, 0.717) is 5.92 Å². The second-order valence-electron chi connectivity index (χ2n) is 4.44. The molecule has 0 fully saturated rings. The van der Waals surface area contributed by atoms with Gasteiger partial charge in [0.15, 0.2) is 0 Å². The summed E-state index contributed by atoms with van der Waals surface area (Å²) in [5.41, 5.74) is 1.18. The number of hydrogen-bond donors (Lipinski definition) is 1. The van der Waals surface area contributed by atoms with E-state index in [4.69, 9.17) is 4.42 Å². The molecule has 4 heteroatoms. The van der Waals surface area contributed by atoms with Gasteiger partial charge < -0.3 is 14.3 Å². The van der Waals surface area contributed by atoms with Crippen molar-refractivity contribution in [1.82, 2.24) is 14.9 Å². The first-order chi connectivity index (χ1) is 8.27. The maximum Gasteiger partial charge on any atom is 0.111 e. The van der Waals surface area contributed by atoms with Gasteiger partial charge in [-0.3, -0.25) is 0 Å². The average Bonchev–Trinajstić information content (AvgIpc) is 2.95. The van der Waals surface area contributed by atoms with Crippen molar-refractivity contribution < 1.29 is 4.42 Å². The summed E-state index contributed by atoms with van der Waals surface area (Å²) in [6, 6.07) is 1.98. The predicted molar refractivity (Wildman–Crippen MR) is 66.7 cm³/mol. The lowest BCUT2D eigenvalue weighted by atomic mass is 10.2. The maximum atomic E-state index is 5.01. The third kappa shape index (κ3) is 3.20. The van der Waals surface area contributed by atoms with Crippen LogP contribution in [0.1, 0.15) is 31.2 Å². The van der Waals surface area contributed by atoms with Gasteiger partial charge in [0.25, 0.3) is 0 Å². The van der Waals surface area contributed by atoms with E-state index in [1.165, 1.54) is 5.56 Å². The molecule has 0 amide bonds. The molecule has 0 bridgehead atoms. The molecule has 2 aromatic rings. The molecule has 0 unspecified atom stereocenters. The third-order valence-electron chi connectivity index (χ3n) is 2.70. The number of nitrogens with zero attached hydrogens (tertiary/aromatic N) is 2. The summed E-state index contributed by atoms with van der Waals surface area (Å²) in [7, 11) is 0. The van der Waals surface area contributed by atoms with Crippen LogP contribution in [0.4, 0.5) is 0 Å². The molecule has 0 aliphatic heterocycles. The number of rotatable bonds is 6.